The van der Waals surface area contributed by atoms with Gasteiger partial charge in [-0.1, -0.05) is 79.1 Å². The Labute approximate surface area is 247 Å². The monoisotopic (exact) mass is 562 g/mol. The Kier molecular flexibility index (Phi) is 13.6. The van der Waals surface area contributed by atoms with E-state index in [1.54, 1.807) is 0 Å². The topological polar surface area (TPSA) is 58.9 Å². The highest BCUT2D eigenvalue weighted by molar-refractivity contribution is 4.87. The highest BCUT2D eigenvalue weighted by Crippen LogP contribution is 2.45. The van der Waals surface area contributed by atoms with E-state index in [9.17, 15) is 10.5 Å². The van der Waals surface area contributed by atoms with Crippen molar-refractivity contribution in [1.29, 1.82) is 0 Å². The van der Waals surface area contributed by atoms with Gasteiger partial charge in [-0.15, -0.1) is 0 Å². The molecule has 0 aliphatic heterocycles. The van der Waals surface area contributed by atoms with Crippen LogP contribution in [0.15, 0.2) is 0 Å². The second kappa shape index (κ2) is 16.6. The van der Waals surface area contributed by atoms with Gasteiger partial charge in [0.05, 0.1) is 12.2 Å². The van der Waals surface area contributed by atoms with E-state index in [0.717, 1.165) is 35.5 Å². The summed E-state index contributed by atoms with van der Waals surface area (Å²) in [6.45, 7) is 9.46. The molecule has 4 heteroatoms. The first kappa shape index (κ1) is 32.7. The Hall–Kier alpha value is -0.160. The fraction of sp³-hybridized carbons (Fsp3) is 1.00. The van der Waals surface area contributed by atoms with Gasteiger partial charge in [0.25, 0.3) is 0 Å². The molecule has 0 bridgehead atoms. The van der Waals surface area contributed by atoms with Gasteiger partial charge >= 0.3 is 0 Å². The summed E-state index contributed by atoms with van der Waals surface area (Å²) in [5, 5.41) is 18.8. The highest BCUT2D eigenvalue weighted by atomic mass is 17.1. The van der Waals surface area contributed by atoms with Crippen LogP contribution in [0.4, 0.5) is 0 Å². The van der Waals surface area contributed by atoms with Crippen molar-refractivity contribution in [3.8, 4) is 0 Å². The molecule has 4 nitrogen and oxygen atoms in total. The molecule has 5 aliphatic carbocycles. The van der Waals surface area contributed by atoms with Gasteiger partial charge in [0.2, 0.25) is 0 Å². The second-order valence-corrected chi connectivity index (χ2v) is 15.9. The van der Waals surface area contributed by atoms with E-state index in [0.29, 0.717) is 23.7 Å². The van der Waals surface area contributed by atoms with Crippen LogP contribution in [0, 0.1) is 59.2 Å². The van der Waals surface area contributed by atoms with E-state index in [-0.39, 0.29) is 12.2 Å². The van der Waals surface area contributed by atoms with Gasteiger partial charge in [0, 0.05) is 0 Å². The lowest BCUT2D eigenvalue weighted by Gasteiger charge is -2.41. The fourth-order valence-electron chi connectivity index (χ4n) is 9.66. The van der Waals surface area contributed by atoms with Crippen molar-refractivity contribution in [2.45, 2.75) is 168 Å². The summed E-state index contributed by atoms with van der Waals surface area (Å²) in [6.07, 6.45) is 26.8. The van der Waals surface area contributed by atoms with Gasteiger partial charge in [-0.2, -0.15) is 0 Å². The Balaban J connectivity index is 0.000000194. The average Bonchev–Trinajstić information content (AvgIpc) is 2.98. The van der Waals surface area contributed by atoms with Gasteiger partial charge in [0.15, 0.2) is 0 Å². The van der Waals surface area contributed by atoms with Crippen molar-refractivity contribution in [1.82, 2.24) is 0 Å². The molecule has 234 valence electrons. The minimum absolute atomic E-state index is 0.120. The molecule has 0 saturated heterocycles. The van der Waals surface area contributed by atoms with E-state index in [1.807, 2.05) is 0 Å². The first-order valence-electron chi connectivity index (χ1n) is 18.0. The molecule has 0 aromatic heterocycles. The van der Waals surface area contributed by atoms with Crippen molar-refractivity contribution in [2.24, 2.45) is 59.2 Å². The number of rotatable bonds is 7. The van der Waals surface area contributed by atoms with Gasteiger partial charge in [-0.25, -0.2) is 9.78 Å². The zero-order valence-electron chi connectivity index (χ0n) is 26.8. The molecule has 0 amide bonds. The third kappa shape index (κ3) is 9.42. The molecule has 1 unspecified atom stereocenters. The number of hydrogen-bond acceptors (Lipinski definition) is 4. The van der Waals surface area contributed by atoms with Crippen LogP contribution >= 0.6 is 0 Å². The van der Waals surface area contributed by atoms with Crippen molar-refractivity contribution in [3.05, 3.63) is 0 Å². The first-order valence-corrected chi connectivity index (χ1v) is 18.0. The Morgan fingerprint density at radius 1 is 0.350 bits per heavy atom. The Morgan fingerprint density at radius 3 is 0.800 bits per heavy atom. The van der Waals surface area contributed by atoms with Crippen LogP contribution in [0.1, 0.15) is 156 Å². The zero-order chi connectivity index (χ0) is 28.5. The van der Waals surface area contributed by atoms with Gasteiger partial charge in [-0.3, -0.25) is 10.5 Å². The quantitative estimate of drug-likeness (QED) is 0.239. The highest BCUT2D eigenvalue weighted by Gasteiger charge is 2.38. The minimum Gasteiger partial charge on any atom is -0.252 e. The predicted molar refractivity (Wildman–Crippen MR) is 165 cm³/mol. The molecule has 0 aromatic rings. The maximum atomic E-state index is 9.54. The van der Waals surface area contributed by atoms with E-state index in [4.69, 9.17) is 9.78 Å². The fourth-order valence-corrected chi connectivity index (χ4v) is 9.66. The van der Waals surface area contributed by atoms with Crippen molar-refractivity contribution in [2.75, 3.05) is 0 Å². The maximum Gasteiger partial charge on any atom is 0.0983 e. The van der Waals surface area contributed by atoms with E-state index in [2.05, 4.69) is 27.7 Å². The largest absolute Gasteiger partial charge is 0.252 e. The molecule has 2 N–H and O–H groups in total. The zero-order valence-corrected chi connectivity index (χ0v) is 26.8. The van der Waals surface area contributed by atoms with Crippen molar-refractivity contribution >= 4 is 0 Å². The number of hydrogen-bond donors (Lipinski definition) is 2. The molecule has 1 atom stereocenters. The molecule has 0 spiro atoms. The molecular formula is C36H66O4. The summed E-state index contributed by atoms with van der Waals surface area (Å²) >= 11 is 0. The molecule has 5 saturated carbocycles. The third-order valence-corrected chi connectivity index (χ3v) is 12.8. The average molecular weight is 563 g/mol. The van der Waals surface area contributed by atoms with Gasteiger partial charge < -0.3 is 0 Å². The Morgan fingerprint density at radius 2 is 0.550 bits per heavy atom. The van der Waals surface area contributed by atoms with Crippen LogP contribution in [0.5, 0.6) is 0 Å². The van der Waals surface area contributed by atoms with Crippen LogP contribution in [-0.4, -0.2) is 22.7 Å². The Bertz CT molecular complexity index is 636. The van der Waals surface area contributed by atoms with Crippen LogP contribution in [0.25, 0.3) is 0 Å². The summed E-state index contributed by atoms with van der Waals surface area (Å²) in [4.78, 5) is 9.96. The van der Waals surface area contributed by atoms with Crippen molar-refractivity contribution < 1.29 is 20.3 Å². The summed E-state index contributed by atoms with van der Waals surface area (Å²) in [5.74, 6) is 7.96. The predicted octanol–water partition coefficient (Wildman–Crippen LogP) is 10.8. The summed E-state index contributed by atoms with van der Waals surface area (Å²) in [5.41, 5.74) is 0. The summed E-state index contributed by atoms with van der Waals surface area (Å²) in [7, 11) is 0. The SMILES string of the molecule is CC1CCC(C(OO)C2CCC(C)CC2)CC1.CC1CCC(C2CCC(C(OO)C3CCC(C)CC3)CC2)CC1. The molecule has 0 heterocycles. The van der Waals surface area contributed by atoms with E-state index >= 15 is 0 Å². The normalized spacial score (nSPS) is 42.8. The lowest BCUT2D eigenvalue weighted by molar-refractivity contribution is -0.307. The van der Waals surface area contributed by atoms with Gasteiger partial charge in [-0.05, 0) is 136 Å². The van der Waals surface area contributed by atoms with Gasteiger partial charge in [0.1, 0.15) is 0 Å². The molecule has 0 aromatic carbocycles. The first-order chi connectivity index (χ1) is 19.4. The second-order valence-electron chi connectivity index (χ2n) is 15.9. The minimum atomic E-state index is 0.120. The maximum absolute atomic E-state index is 9.54. The molecule has 0 radical (unpaired) electrons. The van der Waals surface area contributed by atoms with Crippen LogP contribution in [-0.2, 0) is 9.78 Å². The molecule has 5 aliphatic rings. The van der Waals surface area contributed by atoms with Crippen molar-refractivity contribution in [3.63, 3.8) is 0 Å². The van der Waals surface area contributed by atoms with E-state index in [1.165, 1.54) is 128 Å². The van der Waals surface area contributed by atoms with Crippen LogP contribution < -0.4 is 0 Å². The standard InChI is InChI=1S/C21H38O2.C15H28O2/c1-15-3-7-17(8-4-15)18-11-13-20(14-12-18)21(23-22)19-9-5-16(2)6-10-19;1-11-3-7-13(8-4-11)15(17-16)14-9-5-12(2)6-10-14/h15-22H,3-14H2,1-2H3;11-16H,3-10H2,1-2H3. The lowest BCUT2D eigenvalue weighted by atomic mass is 9.67. The van der Waals surface area contributed by atoms with E-state index < -0.39 is 0 Å². The molecule has 40 heavy (non-hydrogen) atoms. The van der Waals surface area contributed by atoms with Crippen LogP contribution in [0.2, 0.25) is 0 Å². The molecule has 5 rings (SSSR count). The van der Waals surface area contributed by atoms with Crippen LogP contribution in [0.3, 0.4) is 0 Å². The summed E-state index contributed by atoms with van der Waals surface area (Å²) < 4.78 is 0. The summed E-state index contributed by atoms with van der Waals surface area (Å²) in [6, 6.07) is 0. The lowest BCUT2D eigenvalue weighted by Crippen LogP contribution is -2.37. The molecule has 5 fully saturated rings. The third-order valence-electron chi connectivity index (χ3n) is 12.8. The smallest absolute Gasteiger partial charge is 0.0983 e. The molecular weight excluding hydrogens is 496 g/mol.